The molecule has 2 rings (SSSR count). The summed E-state index contributed by atoms with van der Waals surface area (Å²) < 4.78 is 5.42. The number of anilines is 1. The topological polar surface area (TPSA) is 21.3 Å². The SMILES string of the molecule is COc1ccc(C)cc1NC1CSCC(C)(C)C1. The summed E-state index contributed by atoms with van der Waals surface area (Å²) in [6, 6.07) is 6.84. The average molecular weight is 265 g/mol. The predicted octanol–water partition coefficient (Wildman–Crippen LogP) is 3.95. The number of methoxy groups -OCH3 is 1. The Morgan fingerprint density at radius 2 is 2.17 bits per heavy atom. The van der Waals surface area contributed by atoms with E-state index in [1.165, 1.54) is 23.5 Å². The van der Waals surface area contributed by atoms with E-state index in [1.54, 1.807) is 7.11 Å². The standard InChI is InChI=1S/C15H23NOS/c1-11-5-6-14(17-4)13(7-11)16-12-8-15(2,3)10-18-9-12/h5-7,12,16H,8-10H2,1-4H3. The molecule has 0 spiro atoms. The van der Waals surface area contributed by atoms with Crippen LogP contribution in [0, 0.1) is 12.3 Å². The number of hydrogen-bond acceptors (Lipinski definition) is 3. The first-order valence-corrected chi connectivity index (χ1v) is 7.64. The zero-order valence-electron chi connectivity index (χ0n) is 11.7. The second kappa shape index (κ2) is 5.43. The van der Waals surface area contributed by atoms with E-state index < -0.39 is 0 Å². The molecule has 0 aliphatic carbocycles. The van der Waals surface area contributed by atoms with E-state index in [2.05, 4.69) is 38.2 Å². The summed E-state index contributed by atoms with van der Waals surface area (Å²) in [6.45, 7) is 6.81. The van der Waals surface area contributed by atoms with E-state index in [1.807, 2.05) is 17.8 Å². The molecule has 1 fully saturated rings. The van der Waals surface area contributed by atoms with Gasteiger partial charge in [0.2, 0.25) is 0 Å². The van der Waals surface area contributed by atoms with Gasteiger partial charge in [-0.15, -0.1) is 0 Å². The molecule has 0 saturated carbocycles. The largest absolute Gasteiger partial charge is 0.495 e. The third-order valence-corrected chi connectivity index (χ3v) is 4.95. The average Bonchev–Trinajstić information content (AvgIpc) is 2.28. The molecular weight excluding hydrogens is 242 g/mol. The summed E-state index contributed by atoms with van der Waals surface area (Å²) in [6.07, 6.45) is 1.22. The molecule has 2 nitrogen and oxygen atoms in total. The maximum atomic E-state index is 5.42. The molecule has 1 heterocycles. The molecule has 100 valence electrons. The van der Waals surface area contributed by atoms with E-state index in [0.717, 1.165) is 11.4 Å². The molecule has 0 radical (unpaired) electrons. The first-order chi connectivity index (χ1) is 8.50. The van der Waals surface area contributed by atoms with Gasteiger partial charge in [-0.3, -0.25) is 0 Å². The first kappa shape index (κ1) is 13.6. The van der Waals surface area contributed by atoms with Crippen molar-refractivity contribution < 1.29 is 4.74 Å². The van der Waals surface area contributed by atoms with Crippen LogP contribution in [-0.2, 0) is 0 Å². The number of ether oxygens (including phenoxy) is 1. The maximum absolute atomic E-state index is 5.42. The van der Waals surface area contributed by atoms with Gasteiger partial charge in [-0.2, -0.15) is 11.8 Å². The Morgan fingerprint density at radius 1 is 1.39 bits per heavy atom. The zero-order valence-corrected chi connectivity index (χ0v) is 12.6. The molecule has 1 saturated heterocycles. The van der Waals surface area contributed by atoms with Crippen molar-refractivity contribution in [2.24, 2.45) is 5.41 Å². The lowest BCUT2D eigenvalue weighted by molar-refractivity contribution is 0.357. The van der Waals surface area contributed by atoms with Crippen molar-refractivity contribution in [2.45, 2.75) is 33.2 Å². The Bertz CT molecular complexity index is 417. The molecule has 1 N–H and O–H groups in total. The molecule has 1 unspecified atom stereocenters. The molecule has 1 aliphatic heterocycles. The fourth-order valence-electron chi connectivity index (χ4n) is 2.51. The van der Waals surface area contributed by atoms with Gasteiger partial charge in [0.25, 0.3) is 0 Å². The molecule has 0 aromatic heterocycles. The summed E-state index contributed by atoms with van der Waals surface area (Å²) in [7, 11) is 1.73. The van der Waals surface area contributed by atoms with Crippen molar-refractivity contribution in [3.63, 3.8) is 0 Å². The summed E-state index contributed by atoms with van der Waals surface area (Å²) >= 11 is 2.04. The quantitative estimate of drug-likeness (QED) is 0.894. The minimum atomic E-state index is 0.428. The van der Waals surface area contributed by atoms with Crippen LogP contribution in [0.5, 0.6) is 5.75 Å². The third kappa shape index (κ3) is 3.35. The predicted molar refractivity (Wildman–Crippen MR) is 80.9 cm³/mol. The molecule has 1 aromatic rings. The Morgan fingerprint density at radius 3 is 2.83 bits per heavy atom. The number of rotatable bonds is 3. The van der Waals surface area contributed by atoms with Crippen molar-refractivity contribution >= 4 is 17.4 Å². The minimum absolute atomic E-state index is 0.428. The molecule has 1 atom stereocenters. The third-order valence-electron chi connectivity index (χ3n) is 3.33. The summed E-state index contributed by atoms with van der Waals surface area (Å²) in [4.78, 5) is 0. The fraction of sp³-hybridized carbons (Fsp3) is 0.600. The van der Waals surface area contributed by atoms with Crippen LogP contribution in [0.1, 0.15) is 25.8 Å². The Kier molecular flexibility index (Phi) is 4.10. The van der Waals surface area contributed by atoms with Gasteiger partial charge < -0.3 is 10.1 Å². The number of benzene rings is 1. The van der Waals surface area contributed by atoms with Crippen molar-refractivity contribution in [1.82, 2.24) is 0 Å². The highest BCUT2D eigenvalue weighted by molar-refractivity contribution is 7.99. The van der Waals surface area contributed by atoms with Crippen molar-refractivity contribution in [2.75, 3.05) is 23.9 Å². The zero-order chi connectivity index (χ0) is 13.2. The van der Waals surface area contributed by atoms with Gasteiger partial charge in [0, 0.05) is 11.8 Å². The van der Waals surface area contributed by atoms with Crippen LogP contribution >= 0.6 is 11.8 Å². The molecule has 18 heavy (non-hydrogen) atoms. The second-order valence-electron chi connectivity index (χ2n) is 5.93. The van der Waals surface area contributed by atoms with Crippen LogP contribution in [0.2, 0.25) is 0 Å². The van der Waals surface area contributed by atoms with Gasteiger partial charge >= 0.3 is 0 Å². The van der Waals surface area contributed by atoms with Crippen LogP contribution < -0.4 is 10.1 Å². The highest BCUT2D eigenvalue weighted by Crippen LogP contribution is 2.36. The van der Waals surface area contributed by atoms with Crippen molar-refractivity contribution in [1.29, 1.82) is 0 Å². The second-order valence-corrected chi connectivity index (χ2v) is 6.96. The maximum Gasteiger partial charge on any atom is 0.141 e. The summed E-state index contributed by atoms with van der Waals surface area (Å²) in [5.41, 5.74) is 2.82. The first-order valence-electron chi connectivity index (χ1n) is 6.49. The minimum Gasteiger partial charge on any atom is -0.495 e. The van der Waals surface area contributed by atoms with Crippen molar-refractivity contribution in [3.8, 4) is 5.75 Å². The molecule has 3 heteroatoms. The summed E-state index contributed by atoms with van der Waals surface area (Å²) in [5, 5.41) is 3.65. The summed E-state index contributed by atoms with van der Waals surface area (Å²) in [5.74, 6) is 3.38. The molecule has 0 bridgehead atoms. The normalized spacial score (nSPS) is 22.6. The van der Waals surface area contributed by atoms with E-state index in [0.29, 0.717) is 11.5 Å². The van der Waals surface area contributed by atoms with Crippen molar-refractivity contribution in [3.05, 3.63) is 23.8 Å². The molecule has 1 aromatic carbocycles. The number of hydrogen-bond donors (Lipinski definition) is 1. The Hall–Kier alpha value is -0.830. The molecular formula is C15H23NOS. The van der Waals surface area contributed by atoms with Crippen LogP contribution in [0.4, 0.5) is 5.69 Å². The van der Waals surface area contributed by atoms with Crippen LogP contribution in [0.15, 0.2) is 18.2 Å². The lowest BCUT2D eigenvalue weighted by Crippen LogP contribution is -2.35. The number of thioether (sulfide) groups is 1. The smallest absolute Gasteiger partial charge is 0.141 e. The number of aryl methyl sites for hydroxylation is 1. The molecule has 1 aliphatic rings. The lowest BCUT2D eigenvalue weighted by Gasteiger charge is -2.35. The molecule has 0 amide bonds. The highest BCUT2D eigenvalue weighted by atomic mass is 32.2. The fourth-order valence-corrected chi connectivity index (χ4v) is 3.78. The van der Waals surface area contributed by atoms with E-state index in [9.17, 15) is 0 Å². The van der Waals surface area contributed by atoms with Gasteiger partial charge in [0.1, 0.15) is 5.75 Å². The van der Waals surface area contributed by atoms with Crippen LogP contribution in [0.3, 0.4) is 0 Å². The van der Waals surface area contributed by atoms with Gasteiger partial charge in [-0.05, 0) is 42.2 Å². The van der Waals surface area contributed by atoms with E-state index >= 15 is 0 Å². The van der Waals surface area contributed by atoms with Crippen LogP contribution in [-0.4, -0.2) is 24.7 Å². The monoisotopic (exact) mass is 265 g/mol. The highest BCUT2D eigenvalue weighted by Gasteiger charge is 2.28. The van der Waals surface area contributed by atoms with E-state index in [-0.39, 0.29) is 0 Å². The Labute approximate surface area is 114 Å². The number of nitrogens with one attached hydrogen (secondary N) is 1. The Balaban J connectivity index is 2.11. The van der Waals surface area contributed by atoms with Gasteiger partial charge in [0.05, 0.1) is 12.8 Å². The van der Waals surface area contributed by atoms with Crippen LogP contribution in [0.25, 0.3) is 0 Å². The lowest BCUT2D eigenvalue weighted by atomic mass is 9.87. The van der Waals surface area contributed by atoms with E-state index in [4.69, 9.17) is 4.74 Å². The van der Waals surface area contributed by atoms with Gasteiger partial charge in [-0.1, -0.05) is 19.9 Å². The van der Waals surface area contributed by atoms with Gasteiger partial charge in [0.15, 0.2) is 0 Å². The van der Waals surface area contributed by atoms with Gasteiger partial charge in [-0.25, -0.2) is 0 Å².